The van der Waals surface area contributed by atoms with Gasteiger partial charge in [-0.3, -0.25) is 0 Å². The van der Waals surface area contributed by atoms with Crippen molar-refractivity contribution in [2.24, 2.45) is 0 Å². The highest BCUT2D eigenvalue weighted by atomic mass is 127. The van der Waals surface area contributed by atoms with Gasteiger partial charge in [-0.25, -0.2) is 44.9 Å². The number of hydrogen-bond acceptors (Lipinski definition) is 13. The minimum Gasteiger partial charge on any atom is -1.00 e. The summed E-state index contributed by atoms with van der Waals surface area (Å²) >= 11 is 15.3. The molecule has 0 amide bonds. The zero-order valence-corrected chi connectivity index (χ0v) is 85.1. The molecule has 13 nitrogen and oxygen atoms in total. The first-order valence-corrected chi connectivity index (χ1v) is 49.4. The smallest absolute Gasteiger partial charge is 0.488 e. The van der Waals surface area contributed by atoms with Crippen molar-refractivity contribution < 1.29 is 44.1 Å². The standard InChI is InChI=1S/C50H35N3.C27H18ClN3.C23H19BO2.C21H14BrN3.C6H6BClO2.HI/c1-50(2)44-28-27-37(31-43(44)45-41-25-11-9-23-39(41)40-24-10-12-26-42(40)46(45)50)35-20-13-19-34(29-35)36-21-14-22-38(30-36)49-52-47(32-15-5-3-6-16-32)51-48(53-49)33-17-7-4-8-18-33;28-24-16-8-14-22(18-24)21-13-7-15-23(17-21)27-30-25(19-9-3-1-4-10-19)29-26(31-27)20-11-5-2-6-12-20;1-23(2)20-12-11-14(24(25)26)13-19(20)21-17-9-5-3-7-15(17)16-8-4-6-10-18(16)22(21)23;22-18-13-7-12-17(14-18)21-24-19(15-8-3-1-4-9-15)23-20(25-21)16-10-5-2-6-11-16;8-6-3-1-2-5(4-6)7(9)10;/h3-31H,1-2H3;1-18H;3-13,25-26H,1-2H3;1-14H;1-4,9-10H;1H/p-1. The molecular weight excluding hydrogens is 2010 g/mol. The molecule has 704 valence electrons. The Labute approximate surface area is 883 Å². The average Bonchev–Trinajstić information content (AvgIpc) is 1.54. The molecule has 0 bridgehead atoms. The molecule has 0 saturated heterocycles. The maximum absolute atomic E-state index is 9.67. The van der Waals surface area contributed by atoms with Crippen molar-refractivity contribution in [2.75, 3.05) is 0 Å². The molecule has 3 heterocycles. The van der Waals surface area contributed by atoms with Gasteiger partial charge in [-0.2, -0.15) is 0 Å². The summed E-state index contributed by atoms with van der Waals surface area (Å²) in [5.41, 5.74) is 26.4. The Kier molecular flexibility index (Phi) is 28.8. The second-order valence-corrected chi connectivity index (χ2v) is 38.5. The van der Waals surface area contributed by atoms with Crippen LogP contribution in [0.1, 0.15) is 49.9 Å². The number of benzene rings is 20. The van der Waals surface area contributed by atoms with Crippen LogP contribution in [0.25, 0.3) is 201 Å². The van der Waals surface area contributed by atoms with Crippen LogP contribution >= 0.6 is 39.1 Å². The maximum atomic E-state index is 9.67. The highest BCUT2D eigenvalue weighted by Crippen LogP contribution is 2.57. The van der Waals surface area contributed by atoms with Gasteiger partial charge in [0.1, 0.15) is 0 Å². The maximum Gasteiger partial charge on any atom is 0.488 e. The molecule has 19 heteroatoms. The van der Waals surface area contributed by atoms with Gasteiger partial charge in [-0.05, 0) is 193 Å². The Morgan fingerprint density at radius 2 is 0.438 bits per heavy atom. The van der Waals surface area contributed by atoms with Crippen molar-refractivity contribution in [2.45, 2.75) is 38.5 Å². The molecule has 0 unspecified atom stereocenters. The van der Waals surface area contributed by atoms with Crippen LogP contribution in [0.15, 0.2) is 466 Å². The Morgan fingerprint density at radius 1 is 0.205 bits per heavy atom. The Bertz CT molecular complexity index is 8600. The monoisotopic (exact) mass is 2100 g/mol. The van der Waals surface area contributed by atoms with Crippen molar-refractivity contribution in [1.82, 2.24) is 44.9 Å². The second-order valence-electron chi connectivity index (χ2n) is 36.7. The SMILES string of the molecule is Brc1cccc(-c2nc(-c3ccccc3)nc(-c3ccccc3)n2)c1.CC1(C)c2ccc(-c3cccc(-c4cccc(-c5nc(-c6ccccc6)nc(-c6ccccc6)n5)c4)c3)cc2-c2c1c1ccccc1c1ccccc21.CC1(C)c2ccc(B(O)O)cc2-c2c1c1ccccc1c1ccccc21.Clc1cccc(-c2cccc(-c3nc(-c4ccccc4)nc(-c4ccccc4)n3)c2)c1.OB(O)c1cccc(Cl)c1.[I-]. The summed E-state index contributed by atoms with van der Waals surface area (Å²) in [6, 6.07) is 156. The largest absolute Gasteiger partial charge is 1.00 e. The Hall–Kier alpha value is -15.8. The molecule has 2 aliphatic rings. The van der Waals surface area contributed by atoms with Crippen LogP contribution in [-0.4, -0.2) is 79.2 Å². The Morgan fingerprint density at radius 3 is 0.760 bits per heavy atom. The molecule has 0 radical (unpaired) electrons. The lowest BCUT2D eigenvalue weighted by Crippen LogP contribution is -3.00. The third-order valence-electron chi connectivity index (χ3n) is 26.6. The molecule has 0 spiro atoms. The van der Waals surface area contributed by atoms with Crippen LogP contribution in [0.4, 0.5) is 0 Å². The van der Waals surface area contributed by atoms with E-state index in [1.807, 2.05) is 261 Å². The fraction of sp³-hybridized carbons (Fsp3) is 0.0472. The lowest BCUT2D eigenvalue weighted by molar-refractivity contribution is -0.0000330. The van der Waals surface area contributed by atoms with Crippen LogP contribution in [-0.2, 0) is 10.8 Å². The molecule has 0 atom stereocenters. The summed E-state index contributed by atoms with van der Waals surface area (Å²) in [5.74, 6) is 5.90. The lowest BCUT2D eigenvalue weighted by Gasteiger charge is -2.24. The second kappa shape index (κ2) is 43.0. The number of hydrogen-bond donors (Lipinski definition) is 4. The summed E-state index contributed by atoms with van der Waals surface area (Å²) in [5, 5.41) is 48.1. The lowest BCUT2D eigenvalue weighted by atomic mass is 9.76. The van der Waals surface area contributed by atoms with Gasteiger partial charge in [0, 0.05) is 75.4 Å². The van der Waals surface area contributed by atoms with Gasteiger partial charge in [0.25, 0.3) is 0 Å². The Balaban J connectivity index is 0.000000120. The quantitative estimate of drug-likeness (QED) is 0.0456. The van der Waals surface area contributed by atoms with Gasteiger partial charge in [0.05, 0.1) is 0 Å². The van der Waals surface area contributed by atoms with Crippen molar-refractivity contribution in [3.05, 3.63) is 498 Å². The van der Waals surface area contributed by atoms with Crippen LogP contribution in [0.5, 0.6) is 0 Å². The first-order chi connectivity index (χ1) is 70.8. The van der Waals surface area contributed by atoms with E-state index in [2.05, 4.69) is 225 Å². The van der Waals surface area contributed by atoms with E-state index in [0.717, 1.165) is 82.4 Å². The van der Waals surface area contributed by atoms with E-state index < -0.39 is 14.2 Å². The molecular formula is C127H92B2BrCl2IN9O4-. The van der Waals surface area contributed by atoms with Crippen LogP contribution in [0, 0.1) is 0 Å². The van der Waals surface area contributed by atoms with Crippen LogP contribution < -0.4 is 34.9 Å². The molecule has 2 aliphatic carbocycles. The van der Waals surface area contributed by atoms with E-state index in [9.17, 15) is 10.0 Å². The predicted octanol–water partition coefficient (Wildman–Crippen LogP) is 26.7. The zero-order chi connectivity index (χ0) is 99.2. The first-order valence-electron chi connectivity index (χ1n) is 47.9. The molecule has 0 saturated carbocycles. The van der Waals surface area contributed by atoms with Gasteiger partial charge in [-0.15, -0.1) is 0 Å². The normalized spacial score (nSPS) is 12.0. The topological polar surface area (TPSA) is 197 Å². The van der Waals surface area contributed by atoms with Crippen molar-refractivity contribution >= 4 is 107 Å². The molecule has 0 fully saturated rings. The third kappa shape index (κ3) is 20.5. The number of halogens is 4. The van der Waals surface area contributed by atoms with Gasteiger partial charge >= 0.3 is 14.2 Å². The van der Waals surface area contributed by atoms with Gasteiger partial charge in [0.2, 0.25) is 0 Å². The fourth-order valence-corrected chi connectivity index (χ4v) is 20.5. The molecule has 3 aromatic heterocycles. The van der Waals surface area contributed by atoms with E-state index in [0.29, 0.717) is 73.4 Å². The molecule has 23 aromatic rings. The molecule has 4 N–H and O–H groups in total. The summed E-state index contributed by atoms with van der Waals surface area (Å²) in [4.78, 5) is 43.3. The van der Waals surface area contributed by atoms with Gasteiger partial charge in [-0.1, -0.05) is 467 Å². The fourth-order valence-electron chi connectivity index (χ4n) is 19.7. The van der Waals surface area contributed by atoms with E-state index in [-0.39, 0.29) is 34.8 Å². The summed E-state index contributed by atoms with van der Waals surface area (Å²) < 4.78 is 0.993. The third-order valence-corrected chi connectivity index (χ3v) is 27.6. The van der Waals surface area contributed by atoms with Crippen molar-refractivity contribution in [1.29, 1.82) is 0 Å². The number of aromatic nitrogens is 9. The van der Waals surface area contributed by atoms with E-state index in [1.165, 1.54) is 99.2 Å². The molecule has 0 aliphatic heterocycles. The van der Waals surface area contributed by atoms with Crippen molar-refractivity contribution in [3.8, 4) is 158 Å². The summed E-state index contributed by atoms with van der Waals surface area (Å²) in [6.07, 6.45) is 0. The predicted molar refractivity (Wildman–Crippen MR) is 600 cm³/mol. The summed E-state index contributed by atoms with van der Waals surface area (Å²) in [6.45, 7) is 9.27. The summed E-state index contributed by atoms with van der Waals surface area (Å²) in [7, 11) is -2.89. The van der Waals surface area contributed by atoms with E-state index >= 15 is 0 Å². The highest BCUT2D eigenvalue weighted by Gasteiger charge is 2.41. The van der Waals surface area contributed by atoms with Crippen molar-refractivity contribution in [3.63, 3.8) is 0 Å². The highest BCUT2D eigenvalue weighted by molar-refractivity contribution is 9.10. The first kappa shape index (κ1) is 97.7. The average molecular weight is 2110 g/mol. The minimum atomic E-state index is -1.46. The van der Waals surface area contributed by atoms with Crippen LogP contribution in [0.2, 0.25) is 10.0 Å². The van der Waals surface area contributed by atoms with E-state index in [1.54, 1.807) is 18.2 Å². The number of fused-ring (bicyclic) bond motifs is 16. The zero-order valence-electron chi connectivity index (χ0n) is 79.9. The van der Waals surface area contributed by atoms with Crippen LogP contribution in [0.3, 0.4) is 0 Å². The number of rotatable bonds is 14. The molecule has 146 heavy (non-hydrogen) atoms. The van der Waals surface area contributed by atoms with Gasteiger partial charge < -0.3 is 44.1 Å². The van der Waals surface area contributed by atoms with E-state index in [4.69, 9.17) is 73.1 Å². The van der Waals surface area contributed by atoms with Gasteiger partial charge in [0.15, 0.2) is 52.4 Å². The number of nitrogens with zero attached hydrogens (tertiary/aromatic N) is 9. The minimum absolute atomic E-state index is 0. The molecule has 20 aromatic carbocycles. The molecule has 25 rings (SSSR count).